The highest BCUT2D eigenvalue weighted by atomic mass is 35.5. The van der Waals surface area contributed by atoms with Gasteiger partial charge in [-0.1, -0.05) is 23.2 Å². The lowest BCUT2D eigenvalue weighted by atomic mass is 10.1. The number of halogens is 14. The molecule has 2 aromatic carbocycles. The molecule has 0 aliphatic heterocycles. The van der Waals surface area contributed by atoms with Crippen LogP contribution in [-0.2, 0) is 24.7 Å². The van der Waals surface area contributed by atoms with Crippen LogP contribution in [0.1, 0.15) is 22.8 Å². The Bertz CT molecular complexity index is 2380. The Balaban J connectivity index is 1.71. The fourth-order valence-corrected chi connectivity index (χ4v) is 4.92. The highest BCUT2D eigenvalue weighted by Crippen LogP contribution is 2.41. The summed E-state index contributed by atoms with van der Waals surface area (Å²) in [5.74, 6) is 0. The lowest BCUT2D eigenvalue weighted by Gasteiger charge is -2.15. The van der Waals surface area contributed by atoms with Gasteiger partial charge in [0.05, 0.1) is 21.1 Å². The van der Waals surface area contributed by atoms with Gasteiger partial charge in [-0.15, -0.1) is 0 Å². The van der Waals surface area contributed by atoms with E-state index in [-0.39, 0.29) is 21.1 Å². The summed E-state index contributed by atoms with van der Waals surface area (Å²) in [5, 5.41) is -0.109. The van der Waals surface area contributed by atoms with Crippen molar-refractivity contribution in [2.45, 2.75) is 24.7 Å². The van der Waals surface area contributed by atoms with Crippen LogP contribution in [0.5, 0.6) is 0 Å². The minimum absolute atomic E-state index is 0.0448. The quantitative estimate of drug-likeness (QED) is 0.0862. The minimum Gasteiger partial charge on any atom is -0.242 e. The average molecular weight is 729 g/mol. The van der Waals surface area contributed by atoms with Crippen molar-refractivity contribution in [2.24, 2.45) is 0 Å². The molecule has 24 heteroatoms. The summed E-state index contributed by atoms with van der Waals surface area (Å²) < 4.78 is 163. The van der Waals surface area contributed by atoms with Crippen LogP contribution in [0.25, 0.3) is 66.7 Å². The monoisotopic (exact) mass is 728 g/mol. The third-order valence-electron chi connectivity index (χ3n) is 6.49. The van der Waals surface area contributed by atoms with Gasteiger partial charge in [0, 0.05) is 0 Å². The summed E-state index contributed by atoms with van der Waals surface area (Å²) in [5.41, 5.74) is -17.8. The highest BCUT2D eigenvalue weighted by molar-refractivity contribution is 6.42. The van der Waals surface area contributed by atoms with Crippen molar-refractivity contribution in [3.63, 3.8) is 0 Å². The zero-order valence-electron chi connectivity index (χ0n) is 21.9. The summed E-state index contributed by atoms with van der Waals surface area (Å²) in [6.07, 6.45) is -22.7. The summed E-state index contributed by atoms with van der Waals surface area (Å²) >= 11 is 12.1. The third kappa shape index (κ3) is 5.00. The third-order valence-corrected chi connectivity index (χ3v) is 7.21. The molecule has 0 unspecified atom stereocenters. The van der Waals surface area contributed by atoms with Gasteiger partial charge < -0.3 is 0 Å². The van der Waals surface area contributed by atoms with Crippen LogP contribution in [0, 0.1) is 0 Å². The molecule has 0 saturated heterocycles. The number of fused-ring (bicyclic) bond motifs is 9. The van der Waals surface area contributed by atoms with E-state index in [0.29, 0.717) is 0 Å². The summed E-state index contributed by atoms with van der Waals surface area (Å²) in [6, 6.07) is 2.39. The molecule has 0 fully saturated rings. The van der Waals surface area contributed by atoms with Crippen molar-refractivity contribution >= 4 is 89.9 Å². The number of hydrogen-bond donors (Lipinski definition) is 0. The van der Waals surface area contributed by atoms with E-state index in [9.17, 15) is 52.7 Å². The van der Waals surface area contributed by atoms with Crippen LogP contribution < -0.4 is 0 Å². The van der Waals surface area contributed by atoms with Gasteiger partial charge in [0.25, 0.3) is 0 Å². The molecular weight excluding hydrogens is 727 g/mol. The molecule has 0 aliphatic rings. The topological polar surface area (TPSA) is 129 Å². The number of benzene rings is 2. The number of rotatable bonds is 0. The Morgan fingerprint density at radius 2 is 0.542 bits per heavy atom. The zero-order valence-corrected chi connectivity index (χ0v) is 23.4. The van der Waals surface area contributed by atoms with Crippen LogP contribution in [-0.4, -0.2) is 49.8 Å². The molecule has 0 atom stereocenters. The van der Waals surface area contributed by atoms with E-state index in [1.165, 1.54) is 12.1 Å². The lowest BCUT2D eigenvalue weighted by molar-refractivity contribution is -0.167. The fraction of sp³-hybridized carbons (Fsp3) is 0.167. The Morgan fingerprint density at radius 1 is 0.333 bits per heavy atom. The molecule has 0 spiro atoms. The Labute approximate surface area is 262 Å². The van der Waals surface area contributed by atoms with Crippen LogP contribution in [0.15, 0.2) is 12.1 Å². The summed E-state index contributed by atoms with van der Waals surface area (Å²) in [6.45, 7) is 0. The maximum absolute atomic E-state index is 13.6. The van der Waals surface area contributed by atoms with Gasteiger partial charge in [-0.25, -0.2) is 49.8 Å². The smallest absolute Gasteiger partial charge is 0.242 e. The predicted molar refractivity (Wildman–Crippen MR) is 139 cm³/mol. The first kappa shape index (κ1) is 31.7. The van der Waals surface area contributed by atoms with Crippen molar-refractivity contribution in [3.8, 4) is 0 Å². The largest absolute Gasteiger partial charge is 0.435 e. The molecule has 10 nitrogen and oxygen atoms in total. The van der Waals surface area contributed by atoms with Gasteiger partial charge in [0.2, 0.25) is 0 Å². The zero-order chi connectivity index (χ0) is 34.9. The Morgan fingerprint density at radius 3 is 0.750 bits per heavy atom. The normalized spacial score (nSPS) is 13.6. The van der Waals surface area contributed by atoms with Gasteiger partial charge in [-0.05, 0) is 12.1 Å². The molecule has 7 aromatic rings. The number of hydrogen-bond acceptors (Lipinski definition) is 10. The molecule has 0 N–H and O–H groups in total. The molecule has 0 saturated carbocycles. The van der Waals surface area contributed by atoms with Crippen molar-refractivity contribution in [1.82, 2.24) is 49.8 Å². The first-order chi connectivity index (χ1) is 22.1. The maximum Gasteiger partial charge on any atom is 0.435 e. The van der Waals surface area contributed by atoms with Crippen molar-refractivity contribution in [1.29, 1.82) is 0 Å². The fourth-order valence-electron chi connectivity index (χ4n) is 4.60. The van der Waals surface area contributed by atoms with Crippen LogP contribution in [0.4, 0.5) is 52.7 Å². The molecule has 7 rings (SSSR count). The number of nitrogens with zero attached hydrogens (tertiary/aromatic N) is 10. The molecule has 246 valence electrons. The molecule has 5 aromatic heterocycles. The summed E-state index contributed by atoms with van der Waals surface area (Å²) in [7, 11) is 0. The average Bonchev–Trinajstić information content (AvgIpc) is 2.96. The molecule has 5 heterocycles. The van der Waals surface area contributed by atoms with Gasteiger partial charge in [-0.2, -0.15) is 52.7 Å². The van der Waals surface area contributed by atoms with Crippen molar-refractivity contribution < 1.29 is 52.7 Å². The van der Waals surface area contributed by atoms with E-state index in [2.05, 4.69) is 49.8 Å². The van der Waals surface area contributed by atoms with E-state index in [0.717, 1.165) is 0 Å². The first-order valence-corrected chi connectivity index (χ1v) is 13.0. The molecule has 0 radical (unpaired) electrons. The van der Waals surface area contributed by atoms with E-state index in [1.54, 1.807) is 0 Å². The maximum atomic E-state index is 13.6. The Kier molecular flexibility index (Phi) is 6.50. The van der Waals surface area contributed by atoms with Gasteiger partial charge in [0.15, 0.2) is 45.4 Å². The van der Waals surface area contributed by atoms with Crippen LogP contribution in [0.3, 0.4) is 0 Å². The molecular formula is C24H2Cl2F12N10. The van der Waals surface area contributed by atoms with Crippen LogP contribution >= 0.6 is 23.2 Å². The molecule has 0 bridgehead atoms. The SMILES string of the molecule is FC(F)(F)c1nc2nc3c4nc5cc(Cl)c(Cl)cc5nc4c4nc5nc(C(F)(F)F)c(C(F)(F)F)nc5nc4c3nc2nc1C(F)(F)F. The molecule has 0 aliphatic carbocycles. The number of alkyl halides is 12. The minimum atomic E-state index is -5.70. The second-order valence-electron chi connectivity index (χ2n) is 9.64. The second kappa shape index (κ2) is 9.84. The van der Waals surface area contributed by atoms with Crippen LogP contribution in [0.2, 0.25) is 10.0 Å². The van der Waals surface area contributed by atoms with Gasteiger partial charge in [0.1, 0.15) is 33.1 Å². The highest BCUT2D eigenvalue weighted by Gasteiger charge is 2.48. The predicted octanol–water partition coefficient (Wildman–Crippen LogP) is 7.94. The molecule has 48 heavy (non-hydrogen) atoms. The van der Waals surface area contributed by atoms with E-state index >= 15 is 0 Å². The van der Waals surface area contributed by atoms with E-state index < -0.39 is 103 Å². The van der Waals surface area contributed by atoms with E-state index in [4.69, 9.17) is 23.2 Å². The van der Waals surface area contributed by atoms with Crippen molar-refractivity contribution in [2.75, 3.05) is 0 Å². The summed E-state index contributed by atoms with van der Waals surface area (Å²) in [4.78, 5) is 35.9. The second-order valence-corrected chi connectivity index (χ2v) is 10.5. The van der Waals surface area contributed by atoms with Gasteiger partial charge >= 0.3 is 24.7 Å². The first-order valence-electron chi connectivity index (χ1n) is 12.3. The molecule has 0 amide bonds. The lowest BCUT2D eigenvalue weighted by Crippen LogP contribution is -2.21. The Hall–Kier alpha value is -4.86. The number of aromatic nitrogens is 10. The van der Waals surface area contributed by atoms with Gasteiger partial charge in [-0.3, -0.25) is 0 Å². The van der Waals surface area contributed by atoms with Crippen molar-refractivity contribution in [3.05, 3.63) is 45.0 Å². The van der Waals surface area contributed by atoms with E-state index in [1.807, 2.05) is 0 Å². The standard InChI is InChI=1S/C24H2Cl2F12N10/c25-3-1-5-6(2-4(3)26)40-8-7(39-5)9-11(43-19-17(41-9)45-13(21(27,28)29)15(47-19)23(33,34)35)12-10(8)42-18-20(44-12)48-16(24(36,37)38)14(46-18)22(30,31)32/h1-2H.